The lowest BCUT2D eigenvalue weighted by atomic mass is 9.97. The molecule has 23 heavy (non-hydrogen) atoms. The molecule has 0 spiro atoms. The van der Waals surface area contributed by atoms with Crippen LogP contribution in [-0.4, -0.2) is 45.0 Å². The molecule has 0 bridgehead atoms. The van der Waals surface area contributed by atoms with E-state index >= 15 is 0 Å². The van der Waals surface area contributed by atoms with Gasteiger partial charge in [-0.25, -0.2) is 0 Å². The molecule has 0 saturated heterocycles. The van der Waals surface area contributed by atoms with Gasteiger partial charge in [-0.2, -0.15) is 0 Å². The second-order valence-corrected chi connectivity index (χ2v) is 26.9. The van der Waals surface area contributed by atoms with Crippen molar-refractivity contribution in [2.24, 2.45) is 0 Å². The maximum Gasteiger partial charge on any atom is 0.472 e. The number of rotatable bonds is 7. The van der Waals surface area contributed by atoms with Gasteiger partial charge in [-0.05, 0) is 78.2 Å². The number of hydrogen-bond acceptors (Lipinski definition) is 4. The molecule has 0 aromatic carbocycles. The SMILES string of the molecule is C[Si](C)(C)O[Si](O[Si](C)(C)C)(O[Si](C)(C)C)C1CCCC(O)C1. The van der Waals surface area contributed by atoms with Crippen molar-refractivity contribution < 1.29 is 17.5 Å². The lowest BCUT2D eigenvalue weighted by Crippen LogP contribution is -2.63. The molecule has 0 amide bonds. The molecular formula is C15H38O4Si4. The van der Waals surface area contributed by atoms with Crippen LogP contribution < -0.4 is 0 Å². The average Bonchev–Trinajstić information content (AvgIpc) is 2.21. The van der Waals surface area contributed by atoms with Crippen LogP contribution in [0.4, 0.5) is 0 Å². The van der Waals surface area contributed by atoms with Crippen molar-refractivity contribution in [1.82, 2.24) is 0 Å². The standard InChI is InChI=1S/C15H38O4Si4/c1-20(2,3)17-23(18-21(4,5)6,19-22(7,8)9)15-12-10-11-14(16)13-15/h14-16H,10-13H2,1-9H3. The maximum atomic E-state index is 10.2. The molecule has 0 radical (unpaired) electrons. The molecule has 0 aliphatic heterocycles. The highest BCUT2D eigenvalue weighted by molar-refractivity contribution is 6.90. The fourth-order valence-electron chi connectivity index (χ4n) is 3.08. The Morgan fingerprint density at radius 1 is 0.696 bits per heavy atom. The highest BCUT2D eigenvalue weighted by Gasteiger charge is 2.56. The van der Waals surface area contributed by atoms with Crippen LogP contribution in [0.15, 0.2) is 0 Å². The minimum absolute atomic E-state index is 0.235. The molecule has 0 heterocycles. The predicted octanol–water partition coefficient (Wildman–Crippen LogP) is 4.78. The molecule has 4 nitrogen and oxygen atoms in total. The number of aliphatic hydroxyl groups is 1. The lowest BCUT2D eigenvalue weighted by molar-refractivity contribution is 0.111. The van der Waals surface area contributed by atoms with Crippen molar-refractivity contribution >= 4 is 33.8 Å². The third-order valence-corrected chi connectivity index (χ3v) is 15.8. The van der Waals surface area contributed by atoms with E-state index in [9.17, 15) is 5.11 Å². The summed E-state index contributed by atoms with van der Waals surface area (Å²) in [6.07, 6.45) is 3.53. The zero-order valence-corrected chi connectivity index (χ0v) is 20.7. The topological polar surface area (TPSA) is 47.9 Å². The smallest absolute Gasteiger partial charge is 0.417 e. The van der Waals surface area contributed by atoms with Crippen molar-refractivity contribution in [3.05, 3.63) is 0 Å². The molecule has 2 atom stereocenters. The summed E-state index contributed by atoms with van der Waals surface area (Å²) in [5, 5.41) is 10.2. The fraction of sp³-hybridized carbons (Fsp3) is 1.00. The lowest BCUT2D eigenvalue weighted by Gasteiger charge is -2.48. The van der Waals surface area contributed by atoms with Crippen LogP contribution in [0.3, 0.4) is 0 Å². The van der Waals surface area contributed by atoms with E-state index < -0.39 is 33.8 Å². The first-order valence-corrected chi connectivity index (χ1v) is 20.9. The quantitative estimate of drug-likeness (QED) is 0.631. The van der Waals surface area contributed by atoms with E-state index in [1.807, 2.05) is 0 Å². The van der Waals surface area contributed by atoms with E-state index in [0.717, 1.165) is 25.7 Å². The first-order chi connectivity index (χ1) is 10.1. The zero-order valence-electron chi connectivity index (χ0n) is 16.7. The van der Waals surface area contributed by atoms with Gasteiger partial charge in [-0.15, -0.1) is 0 Å². The first kappa shape index (κ1) is 21.7. The second-order valence-electron chi connectivity index (χ2n) is 9.76. The van der Waals surface area contributed by atoms with Crippen LogP contribution in [0.5, 0.6) is 0 Å². The molecule has 1 N–H and O–H groups in total. The molecule has 1 aliphatic rings. The second kappa shape index (κ2) is 7.53. The minimum Gasteiger partial charge on any atom is -0.417 e. The van der Waals surface area contributed by atoms with Crippen LogP contribution in [0.1, 0.15) is 25.7 Å². The summed E-state index contributed by atoms with van der Waals surface area (Å²) in [7, 11) is -8.29. The van der Waals surface area contributed by atoms with Gasteiger partial charge in [-0.1, -0.05) is 6.42 Å². The Hall–Kier alpha value is 0.708. The van der Waals surface area contributed by atoms with Gasteiger partial charge in [0, 0.05) is 5.54 Å². The summed E-state index contributed by atoms with van der Waals surface area (Å²) in [5.74, 6) is 0. The van der Waals surface area contributed by atoms with E-state index in [2.05, 4.69) is 58.9 Å². The zero-order chi connectivity index (χ0) is 18.1. The maximum absolute atomic E-state index is 10.2. The monoisotopic (exact) mass is 394 g/mol. The van der Waals surface area contributed by atoms with Gasteiger partial charge in [0.15, 0.2) is 25.0 Å². The van der Waals surface area contributed by atoms with Gasteiger partial charge >= 0.3 is 8.80 Å². The van der Waals surface area contributed by atoms with Crippen LogP contribution in [0.25, 0.3) is 0 Å². The highest BCUT2D eigenvalue weighted by atomic mass is 28.5. The van der Waals surface area contributed by atoms with Crippen LogP contribution in [0, 0.1) is 0 Å². The van der Waals surface area contributed by atoms with Crippen LogP contribution in [-0.2, 0) is 12.3 Å². The fourth-order valence-corrected chi connectivity index (χ4v) is 18.1. The molecule has 8 heteroatoms. The van der Waals surface area contributed by atoms with E-state index in [4.69, 9.17) is 12.3 Å². The third-order valence-electron chi connectivity index (χ3n) is 3.49. The van der Waals surface area contributed by atoms with Gasteiger partial charge in [0.1, 0.15) is 0 Å². The van der Waals surface area contributed by atoms with E-state index in [-0.39, 0.29) is 11.6 Å². The number of hydrogen-bond donors (Lipinski definition) is 1. The normalized spacial score (nSPS) is 24.8. The van der Waals surface area contributed by atoms with Gasteiger partial charge < -0.3 is 17.5 Å². The van der Waals surface area contributed by atoms with Crippen LogP contribution >= 0.6 is 0 Å². The molecule has 138 valence electrons. The summed E-state index contributed by atoms with van der Waals surface area (Å²) in [4.78, 5) is 0. The van der Waals surface area contributed by atoms with E-state index in [1.165, 1.54) is 0 Å². The molecular weight excluding hydrogens is 357 g/mol. The summed E-state index contributed by atoms with van der Waals surface area (Å²) in [6, 6.07) is 0. The summed E-state index contributed by atoms with van der Waals surface area (Å²) < 4.78 is 20.3. The Bertz CT molecular complexity index is 344. The summed E-state index contributed by atoms with van der Waals surface area (Å²) in [6.45, 7) is 20.0. The Morgan fingerprint density at radius 2 is 1.09 bits per heavy atom. The largest absolute Gasteiger partial charge is 0.472 e. The molecule has 1 fully saturated rings. The summed E-state index contributed by atoms with van der Waals surface area (Å²) >= 11 is 0. The highest BCUT2D eigenvalue weighted by Crippen LogP contribution is 2.43. The molecule has 0 aromatic rings. The van der Waals surface area contributed by atoms with Gasteiger partial charge in [0.25, 0.3) is 0 Å². The van der Waals surface area contributed by atoms with Gasteiger partial charge in [-0.3, -0.25) is 0 Å². The van der Waals surface area contributed by atoms with Crippen molar-refractivity contribution in [1.29, 1.82) is 0 Å². The average molecular weight is 395 g/mol. The Kier molecular flexibility index (Phi) is 7.12. The molecule has 0 aromatic heterocycles. The molecule has 1 saturated carbocycles. The van der Waals surface area contributed by atoms with Crippen molar-refractivity contribution in [2.75, 3.05) is 0 Å². The molecule has 1 aliphatic carbocycles. The predicted molar refractivity (Wildman–Crippen MR) is 107 cm³/mol. The van der Waals surface area contributed by atoms with Crippen molar-refractivity contribution in [3.8, 4) is 0 Å². The third kappa shape index (κ3) is 8.08. The minimum atomic E-state index is -2.82. The van der Waals surface area contributed by atoms with E-state index in [1.54, 1.807) is 0 Å². The number of aliphatic hydroxyl groups excluding tert-OH is 1. The molecule has 1 rings (SSSR count). The van der Waals surface area contributed by atoms with Crippen molar-refractivity contribution in [3.63, 3.8) is 0 Å². The first-order valence-electron chi connectivity index (χ1n) is 8.90. The summed E-state index contributed by atoms with van der Waals surface area (Å²) in [5.41, 5.74) is 0.247. The Labute approximate surface area is 147 Å². The van der Waals surface area contributed by atoms with Crippen molar-refractivity contribution in [2.45, 2.75) is 96.3 Å². The van der Waals surface area contributed by atoms with Gasteiger partial charge in [0.2, 0.25) is 0 Å². The molecule has 2 unspecified atom stereocenters. The Morgan fingerprint density at radius 3 is 1.39 bits per heavy atom. The van der Waals surface area contributed by atoms with E-state index in [0.29, 0.717) is 0 Å². The Balaban J connectivity index is 3.25. The van der Waals surface area contributed by atoms with Gasteiger partial charge in [0.05, 0.1) is 6.10 Å². The van der Waals surface area contributed by atoms with Crippen LogP contribution in [0.2, 0.25) is 64.5 Å².